The zero-order chi connectivity index (χ0) is 15.9. The third-order valence-corrected chi connectivity index (χ3v) is 3.93. The molecule has 0 saturated carbocycles. The fraction of sp³-hybridized carbons (Fsp3) is 0.294. The normalized spacial score (nSPS) is 10.7. The van der Waals surface area contributed by atoms with E-state index in [1.54, 1.807) is 12.1 Å². The molecule has 0 atom stereocenters. The Bertz CT molecular complexity index is 870. The van der Waals surface area contributed by atoms with Crippen molar-refractivity contribution in [1.29, 1.82) is 5.41 Å². The van der Waals surface area contributed by atoms with Gasteiger partial charge in [0, 0.05) is 36.6 Å². The van der Waals surface area contributed by atoms with Crippen LogP contribution in [0.2, 0.25) is 0 Å². The Labute approximate surface area is 141 Å². The summed E-state index contributed by atoms with van der Waals surface area (Å²) >= 11 is 0. The molecule has 1 aromatic carbocycles. The molecule has 0 radical (unpaired) electrons. The van der Waals surface area contributed by atoms with Gasteiger partial charge in [0.25, 0.3) is 0 Å². The second kappa shape index (κ2) is 6.46. The van der Waals surface area contributed by atoms with E-state index in [2.05, 4.69) is 30.7 Å². The first-order chi connectivity index (χ1) is 10.5. The van der Waals surface area contributed by atoms with E-state index in [1.807, 2.05) is 12.1 Å². The van der Waals surface area contributed by atoms with E-state index in [9.17, 15) is 0 Å². The average molecular weight is 333 g/mol. The average Bonchev–Trinajstić information content (AvgIpc) is 2.47. The highest BCUT2D eigenvalue weighted by Gasteiger charge is 2.14. The molecule has 1 heterocycles. The zero-order valence-electron chi connectivity index (χ0n) is 13.5. The van der Waals surface area contributed by atoms with Crippen LogP contribution in [0.1, 0.15) is 19.4 Å². The van der Waals surface area contributed by atoms with E-state index < -0.39 is 0 Å². The summed E-state index contributed by atoms with van der Waals surface area (Å²) in [4.78, 5) is 6.86. The van der Waals surface area contributed by atoms with Gasteiger partial charge in [0.05, 0.1) is 5.36 Å². The number of rotatable bonds is 3. The lowest BCUT2D eigenvalue weighted by molar-refractivity contribution is 0.611. The first-order valence-corrected chi connectivity index (χ1v) is 7.47. The molecule has 122 valence electrons. The minimum Gasteiger partial charge on any atom is -0.453 e. The molecule has 0 spiro atoms. The Morgan fingerprint density at radius 3 is 2.52 bits per heavy atom. The number of hydrogen-bond donors (Lipinski definition) is 2. The van der Waals surface area contributed by atoms with Crippen molar-refractivity contribution in [3.05, 3.63) is 35.2 Å². The third kappa shape index (κ3) is 2.97. The van der Waals surface area contributed by atoms with Crippen LogP contribution in [0, 0.1) is 12.3 Å². The SMILES string of the molecule is CCN(CC)c1cc2oc3cc(N)cc(=N)c-3nc2cc1C.Cl. The van der Waals surface area contributed by atoms with Gasteiger partial charge in [0.15, 0.2) is 11.3 Å². The van der Waals surface area contributed by atoms with Crippen LogP contribution < -0.4 is 16.0 Å². The topological polar surface area (TPSA) is 79.1 Å². The Morgan fingerprint density at radius 2 is 1.87 bits per heavy atom. The fourth-order valence-electron chi connectivity index (χ4n) is 2.80. The highest BCUT2D eigenvalue weighted by Crippen LogP contribution is 2.29. The Kier molecular flexibility index (Phi) is 4.80. The highest BCUT2D eigenvalue weighted by atomic mass is 35.5. The summed E-state index contributed by atoms with van der Waals surface area (Å²) in [5, 5.41) is 8.28. The molecule has 1 aliphatic carbocycles. The second-order valence-corrected chi connectivity index (χ2v) is 5.41. The number of nitrogens with one attached hydrogen (secondary N) is 1. The smallest absolute Gasteiger partial charge is 0.157 e. The predicted molar refractivity (Wildman–Crippen MR) is 96.4 cm³/mol. The van der Waals surface area contributed by atoms with Crippen LogP contribution in [-0.2, 0) is 0 Å². The van der Waals surface area contributed by atoms with E-state index in [-0.39, 0.29) is 17.8 Å². The molecule has 0 fully saturated rings. The van der Waals surface area contributed by atoms with E-state index in [1.165, 1.54) is 0 Å². The Morgan fingerprint density at radius 1 is 1.17 bits per heavy atom. The van der Waals surface area contributed by atoms with Gasteiger partial charge in [-0.05, 0) is 38.5 Å². The van der Waals surface area contributed by atoms with Gasteiger partial charge in [0.2, 0.25) is 0 Å². The summed E-state index contributed by atoms with van der Waals surface area (Å²) in [5.41, 5.74) is 10.6. The van der Waals surface area contributed by atoms with Gasteiger partial charge in [-0.25, -0.2) is 4.98 Å². The van der Waals surface area contributed by atoms with Crippen LogP contribution in [0.4, 0.5) is 11.4 Å². The van der Waals surface area contributed by atoms with Gasteiger partial charge in [-0.3, -0.25) is 5.41 Å². The monoisotopic (exact) mass is 332 g/mol. The number of fused-ring (bicyclic) bond motifs is 2. The van der Waals surface area contributed by atoms with E-state index >= 15 is 0 Å². The van der Waals surface area contributed by atoms with Crippen molar-refractivity contribution < 1.29 is 4.42 Å². The maximum Gasteiger partial charge on any atom is 0.157 e. The molecule has 1 aliphatic heterocycles. The van der Waals surface area contributed by atoms with Gasteiger partial charge in [0.1, 0.15) is 11.2 Å². The number of hydrogen-bond acceptors (Lipinski definition) is 5. The number of anilines is 2. The van der Waals surface area contributed by atoms with Gasteiger partial charge in [-0.2, -0.15) is 0 Å². The maximum absolute atomic E-state index is 7.99. The van der Waals surface area contributed by atoms with Crippen LogP contribution in [0.3, 0.4) is 0 Å². The van der Waals surface area contributed by atoms with Crippen molar-refractivity contribution in [2.24, 2.45) is 0 Å². The minimum atomic E-state index is 0. The molecule has 0 bridgehead atoms. The fourth-order valence-corrected chi connectivity index (χ4v) is 2.80. The second-order valence-electron chi connectivity index (χ2n) is 5.41. The Balaban J connectivity index is 0.00000192. The van der Waals surface area contributed by atoms with Crippen LogP contribution in [0.5, 0.6) is 0 Å². The van der Waals surface area contributed by atoms with Gasteiger partial charge in [-0.1, -0.05) is 0 Å². The van der Waals surface area contributed by atoms with Gasteiger partial charge >= 0.3 is 0 Å². The molecule has 5 nitrogen and oxygen atoms in total. The quantitative estimate of drug-likeness (QED) is 0.567. The van der Waals surface area contributed by atoms with Gasteiger partial charge in [-0.15, -0.1) is 12.4 Å². The van der Waals surface area contributed by atoms with Crippen molar-refractivity contribution in [2.45, 2.75) is 20.8 Å². The Hall–Kier alpha value is -2.27. The maximum atomic E-state index is 7.99. The molecule has 3 N–H and O–H groups in total. The number of halogens is 1. The molecule has 2 aliphatic rings. The molecular weight excluding hydrogens is 312 g/mol. The lowest BCUT2D eigenvalue weighted by atomic mass is 10.1. The molecule has 1 aromatic rings. The summed E-state index contributed by atoms with van der Waals surface area (Å²) < 4.78 is 5.95. The molecule has 6 heteroatoms. The molecule has 23 heavy (non-hydrogen) atoms. The summed E-state index contributed by atoms with van der Waals surface area (Å²) in [6.45, 7) is 8.22. The molecule has 3 rings (SSSR count). The number of aryl methyl sites for hydroxylation is 1. The van der Waals surface area contributed by atoms with Crippen molar-refractivity contribution in [1.82, 2.24) is 4.98 Å². The van der Waals surface area contributed by atoms with Crippen LogP contribution in [0.15, 0.2) is 28.7 Å². The summed E-state index contributed by atoms with van der Waals surface area (Å²) in [6.07, 6.45) is 0. The molecular formula is C17H21ClN4O. The summed E-state index contributed by atoms with van der Waals surface area (Å²) in [7, 11) is 0. The van der Waals surface area contributed by atoms with Crippen LogP contribution >= 0.6 is 12.4 Å². The molecule has 0 unspecified atom stereocenters. The molecule has 0 saturated heterocycles. The van der Waals surface area contributed by atoms with Crippen molar-refractivity contribution in [3.8, 4) is 11.5 Å². The number of nitrogen functional groups attached to an aromatic ring is 1. The van der Waals surface area contributed by atoms with E-state index in [0.29, 0.717) is 22.7 Å². The number of nitrogens with zero attached hydrogens (tertiary/aromatic N) is 2. The largest absolute Gasteiger partial charge is 0.453 e. The highest BCUT2D eigenvalue weighted by molar-refractivity contribution is 5.85. The van der Waals surface area contributed by atoms with Crippen LogP contribution in [-0.4, -0.2) is 18.1 Å². The summed E-state index contributed by atoms with van der Waals surface area (Å²) in [5.74, 6) is 0.548. The predicted octanol–water partition coefficient (Wildman–Crippen LogP) is 3.57. The number of aromatic nitrogens is 1. The van der Waals surface area contributed by atoms with Crippen molar-refractivity contribution in [3.63, 3.8) is 0 Å². The first kappa shape index (κ1) is 17.1. The third-order valence-electron chi connectivity index (χ3n) is 3.93. The molecule has 0 aromatic heterocycles. The lowest BCUT2D eigenvalue weighted by Crippen LogP contribution is -2.22. The zero-order valence-corrected chi connectivity index (χ0v) is 14.3. The van der Waals surface area contributed by atoms with Gasteiger partial charge < -0.3 is 15.1 Å². The number of benzene rings is 2. The van der Waals surface area contributed by atoms with E-state index in [0.717, 1.165) is 29.9 Å². The summed E-state index contributed by atoms with van der Waals surface area (Å²) in [6, 6.07) is 7.35. The first-order valence-electron chi connectivity index (χ1n) is 7.47. The lowest BCUT2D eigenvalue weighted by Gasteiger charge is -2.23. The standard InChI is InChI=1S/C17H20N4O.ClH/c1-4-21(5-2)14-9-15-13(6-10(14)3)20-17-12(19)7-11(18)8-16(17)22-15;/h6-9,19H,4-5,18H2,1-3H3;1H. The van der Waals surface area contributed by atoms with Crippen LogP contribution in [0.25, 0.3) is 22.6 Å². The number of nitrogens with two attached hydrogens (primary N) is 1. The minimum absolute atomic E-state index is 0. The van der Waals surface area contributed by atoms with Crippen molar-refractivity contribution >= 4 is 34.9 Å². The molecule has 0 amide bonds. The van der Waals surface area contributed by atoms with E-state index in [4.69, 9.17) is 15.6 Å². The van der Waals surface area contributed by atoms with Crippen molar-refractivity contribution in [2.75, 3.05) is 23.7 Å².